The summed E-state index contributed by atoms with van der Waals surface area (Å²) in [5.74, 6) is 0.991. The zero-order valence-electron chi connectivity index (χ0n) is 11.7. The summed E-state index contributed by atoms with van der Waals surface area (Å²) in [4.78, 5) is 3.94. The van der Waals surface area contributed by atoms with Crippen LogP contribution in [-0.2, 0) is 0 Å². The lowest BCUT2D eigenvalue weighted by Gasteiger charge is -2.27. The Morgan fingerprint density at radius 2 is 2.00 bits per heavy atom. The van der Waals surface area contributed by atoms with E-state index in [0.717, 1.165) is 13.1 Å². The highest BCUT2D eigenvalue weighted by molar-refractivity contribution is 5.85. The van der Waals surface area contributed by atoms with Gasteiger partial charge in [0.15, 0.2) is 0 Å². The Morgan fingerprint density at radius 3 is 2.39 bits per heavy atom. The fraction of sp³-hybridized carbons (Fsp3) is 0.533. The lowest BCUT2D eigenvalue weighted by atomic mass is 9.78. The van der Waals surface area contributed by atoms with Crippen molar-refractivity contribution in [3.63, 3.8) is 0 Å². The van der Waals surface area contributed by atoms with Crippen molar-refractivity contribution in [1.29, 1.82) is 0 Å². The average Bonchev–Trinajstić information content (AvgIpc) is 2.37. The zero-order valence-corrected chi connectivity index (χ0v) is 12.5. The molecular formula is C15H25ClN2. The molecule has 0 radical (unpaired) electrons. The van der Waals surface area contributed by atoms with Crippen LogP contribution in [0, 0.1) is 11.8 Å². The molecule has 2 rings (SSSR count). The average molecular weight is 269 g/mol. The largest absolute Gasteiger partial charge is 0.376 e. The van der Waals surface area contributed by atoms with E-state index >= 15 is 0 Å². The first-order chi connectivity index (χ1) is 8.04. The summed E-state index contributed by atoms with van der Waals surface area (Å²) in [6.45, 7) is 16.7. The first-order valence-corrected chi connectivity index (χ1v) is 6.32. The number of rotatable bonds is 0. The number of hydrogen-bond donors (Lipinski definition) is 1. The van der Waals surface area contributed by atoms with Crippen molar-refractivity contribution in [1.82, 2.24) is 5.32 Å². The summed E-state index contributed by atoms with van der Waals surface area (Å²) >= 11 is 0. The van der Waals surface area contributed by atoms with E-state index in [4.69, 9.17) is 0 Å². The molecule has 1 N–H and O–H groups in total. The second-order valence-corrected chi connectivity index (χ2v) is 4.80. The van der Waals surface area contributed by atoms with Crippen LogP contribution in [0.3, 0.4) is 0 Å². The fourth-order valence-corrected chi connectivity index (χ4v) is 2.01. The van der Waals surface area contributed by atoms with Crippen molar-refractivity contribution < 1.29 is 0 Å². The van der Waals surface area contributed by atoms with Gasteiger partial charge in [-0.2, -0.15) is 0 Å². The predicted molar refractivity (Wildman–Crippen MR) is 83.6 cm³/mol. The fourth-order valence-electron chi connectivity index (χ4n) is 2.01. The van der Waals surface area contributed by atoms with Gasteiger partial charge in [-0.25, -0.2) is 0 Å². The van der Waals surface area contributed by atoms with Gasteiger partial charge in [-0.3, -0.25) is 4.99 Å². The Hall–Kier alpha value is -1.02. The SMILES string of the molecule is C1=NCCCN1.C=C1C(C)=CC(C)C(=C)C1C.Cl. The van der Waals surface area contributed by atoms with Crippen LogP contribution in [0.15, 0.2) is 40.9 Å². The molecule has 102 valence electrons. The lowest BCUT2D eigenvalue weighted by Crippen LogP contribution is -2.17. The maximum absolute atomic E-state index is 4.06. The van der Waals surface area contributed by atoms with E-state index < -0.39 is 0 Å². The molecule has 1 aliphatic carbocycles. The Balaban J connectivity index is 0.000000352. The van der Waals surface area contributed by atoms with Gasteiger partial charge in [0, 0.05) is 19.0 Å². The minimum Gasteiger partial charge on any atom is -0.376 e. The highest BCUT2D eigenvalue weighted by Crippen LogP contribution is 2.34. The maximum atomic E-state index is 4.06. The van der Waals surface area contributed by atoms with E-state index in [0.29, 0.717) is 11.8 Å². The number of aliphatic imine (C=N–C) groups is 1. The van der Waals surface area contributed by atoms with Crippen LogP contribution < -0.4 is 5.32 Å². The second-order valence-electron chi connectivity index (χ2n) is 4.80. The molecule has 18 heavy (non-hydrogen) atoms. The van der Waals surface area contributed by atoms with Gasteiger partial charge >= 0.3 is 0 Å². The smallest absolute Gasteiger partial charge is 0.0823 e. The first-order valence-electron chi connectivity index (χ1n) is 6.32. The Bertz CT molecular complexity index is 348. The molecular weight excluding hydrogens is 244 g/mol. The van der Waals surface area contributed by atoms with Gasteiger partial charge in [-0.15, -0.1) is 12.4 Å². The van der Waals surface area contributed by atoms with Crippen LogP contribution in [0.2, 0.25) is 0 Å². The van der Waals surface area contributed by atoms with Gasteiger partial charge < -0.3 is 5.32 Å². The summed E-state index contributed by atoms with van der Waals surface area (Å²) in [5.41, 5.74) is 3.85. The Labute approximate surface area is 117 Å². The first kappa shape index (κ1) is 17.0. The van der Waals surface area contributed by atoms with Gasteiger partial charge in [0.25, 0.3) is 0 Å². The minimum absolute atomic E-state index is 0. The monoisotopic (exact) mass is 268 g/mol. The van der Waals surface area contributed by atoms with Gasteiger partial charge in [0.2, 0.25) is 0 Å². The topological polar surface area (TPSA) is 24.4 Å². The third-order valence-corrected chi connectivity index (χ3v) is 3.46. The van der Waals surface area contributed by atoms with E-state index in [1.54, 1.807) is 6.34 Å². The molecule has 2 aliphatic rings. The highest BCUT2D eigenvalue weighted by Gasteiger charge is 2.20. The van der Waals surface area contributed by atoms with Crippen LogP contribution >= 0.6 is 12.4 Å². The van der Waals surface area contributed by atoms with Gasteiger partial charge in [0.05, 0.1) is 6.34 Å². The molecule has 0 aromatic rings. The van der Waals surface area contributed by atoms with Crippen molar-refractivity contribution in [3.05, 3.63) is 36.0 Å². The molecule has 0 amide bonds. The molecule has 1 heterocycles. The summed E-state index contributed by atoms with van der Waals surface area (Å²) in [5, 5.41) is 2.99. The molecule has 2 unspecified atom stereocenters. The summed E-state index contributed by atoms with van der Waals surface area (Å²) in [6, 6.07) is 0. The van der Waals surface area contributed by atoms with Crippen LogP contribution in [-0.4, -0.2) is 19.4 Å². The number of hydrogen-bond acceptors (Lipinski definition) is 2. The van der Waals surface area contributed by atoms with Crippen LogP contribution in [0.4, 0.5) is 0 Å². The van der Waals surface area contributed by atoms with Gasteiger partial charge in [0.1, 0.15) is 0 Å². The van der Waals surface area contributed by atoms with Crippen molar-refractivity contribution in [2.45, 2.75) is 27.2 Å². The molecule has 0 aromatic heterocycles. The number of allylic oxidation sites excluding steroid dienone is 4. The van der Waals surface area contributed by atoms with Crippen LogP contribution in [0.25, 0.3) is 0 Å². The van der Waals surface area contributed by atoms with E-state index in [1.807, 2.05) is 0 Å². The number of halogens is 1. The lowest BCUT2D eigenvalue weighted by molar-refractivity contribution is 0.667. The molecule has 0 aromatic carbocycles. The van der Waals surface area contributed by atoms with E-state index in [2.05, 4.69) is 50.3 Å². The maximum Gasteiger partial charge on any atom is 0.0823 e. The Kier molecular flexibility index (Phi) is 7.69. The van der Waals surface area contributed by atoms with E-state index in [9.17, 15) is 0 Å². The van der Waals surface area contributed by atoms with Gasteiger partial charge in [-0.1, -0.05) is 44.2 Å². The van der Waals surface area contributed by atoms with Crippen molar-refractivity contribution in [2.24, 2.45) is 16.8 Å². The Morgan fingerprint density at radius 1 is 1.33 bits per heavy atom. The molecule has 2 atom stereocenters. The van der Waals surface area contributed by atoms with Crippen molar-refractivity contribution in [3.8, 4) is 0 Å². The normalized spacial score (nSPS) is 26.3. The summed E-state index contributed by atoms with van der Waals surface area (Å²) in [7, 11) is 0. The van der Waals surface area contributed by atoms with Gasteiger partial charge in [-0.05, 0) is 24.8 Å². The van der Waals surface area contributed by atoms with Crippen molar-refractivity contribution >= 4 is 18.7 Å². The standard InChI is InChI=1S/C11H16.C4H8N2.ClH/c1-7-6-8(2)10(4)11(5)9(7)3;1-2-5-4-6-3-1;/h6-7,11H,3-4H2,1-2,5H3;4H,1-3H2,(H,5,6);1H. The zero-order chi connectivity index (χ0) is 12.8. The molecule has 0 spiro atoms. The molecule has 0 bridgehead atoms. The quantitative estimate of drug-likeness (QED) is 0.665. The number of nitrogens with zero attached hydrogens (tertiary/aromatic N) is 1. The highest BCUT2D eigenvalue weighted by atomic mass is 35.5. The van der Waals surface area contributed by atoms with E-state index in [1.165, 1.54) is 23.1 Å². The van der Waals surface area contributed by atoms with E-state index in [-0.39, 0.29) is 12.4 Å². The number of nitrogens with one attached hydrogen (secondary N) is 1. The minimum atomic E-state index is 0. The predicted octanol–water partition coefficient (Wildman–Crippen LogP) is 3.76. The molecule has 3 heteroatoms. The van der Waals surface area contributed by atoms with Crippen molar-refractivity contribution in [2.75, 3.05) is 13.1 Å². The molecule has 2 nitrogen and oxygen atoms in total. The summed E-state index contributed by atoms with van der Waals surface area (Å²) < 4.78 is 0. The second kappa shape index (κ2) is 8.15. The third kappa shape index (κ3) is 4.69. The van der Waals surface area contributed by atoms with Crippen LogP contribution in [0.1, 0.15) is 27.2 Å². The molecule has 0 saturated heterocycles. The third-order valence-electron chi connectivity index (χ3n) is 3.46. The van der Waals surface area contributed by atoms with Crippen LogP contribution in [0.5, 0.6) is 0 Å². The molecule has 0 fully saturated rings. The molecule has 0 saturated carbocycles. The summed E-state index contributed by atoms with van der Waals surface area (Å²) in [6.07, 6.45) is 5.20. The molecule has 1 aliphatic heterocycles.